The maximum Gasteiger partial charge on any atom is 0.213 e. The van der Waals surface area contributed by atoms with Gasteiger partial charge in [0.25, 0.3) is 0 Å². The number of aromatic nitrogens is 2. The van der Waals surface area contributed by atoms with Crippen molar-refractivity contribution >= 4 is 11.8 Å². The van der Waals surface area contributed by atoms with Crippen LogP contribution in [-0.4, -0.2) is 35.2 Å². The van der Waals surface area contributed by atoms with Crippen molar-refractivity contribution in [1.29, 1.82) is 0 Å². The van der Waals surface area contributed by atoms with Crippen molar-refractivity contribution in [2.24, 2.45) is 0 Å². The normalized spacial score (nSPS) is 10.6. The lowest BCUT2D eigenvalue weighted by Crippen LogP contribution is -2.19. The van der Waals surface area contributed by atoms with E-state index in [4.69, 9.17) is 0 Å². The van der Waals surface area contributed by atoms with Gasteiger partial charge < -0.3 is 9.84 Å². The number of nitrogens with one attached hydrogen (secondary N) is 1. The molecule has 1 heterocycles. The Morgan fingerprint density at radius 2 is 2.36 bits per heavy atom. The van der Waals surface area contributed by atoms with E-state index in [1.165, 1.54) is 25.0 Å². The Bertz CT molecular complexity index is 216. The van der Waals surface area contributed by atoms with E-state index in [2.05, 4.69) is 26.2 Å². The monoisotopic (exact) mass is 215 g/mol. The second-order valence-corrected chi connectivity index (χ2v) is 4.03. The van der Waals surface area contributed by atoms with E-state index < -0.39 is 0 Å². The van der Waals surface area contributed by atoms with Crippen LogP contribution in [0, 0.1) is 0 Å². The summed E-state index contributed by atoms with van der Waals surface area (Å²) >= 11 is 1.90. The third kappa shape index (κ3) is 5.24. The van der Waals surface area contributed by atoms with Crippen molar-refractivity contribution in [2.75, 3.05) is 25.1 Å². The fourth-order valence-electron chi connectivity index (χ4n) is 1.12. The van der Waals surface area contributed by atoms with Crippen molar-refractivity contribution in [1.82, 2.24) is 15.5 Å². The highest BCUT2D eigenvalue weighted by Gasteiger charge is 1.96. The largest absolute Gasteiger partial charge is 0.343 e. The second-order valence-electron chi connectivity index (χ2n) is 3.05. The highest BCUT2D eigenvalue weighted by Crippen LogP contribution is 1.97. The molecule has 0 spiro atoms. The number of thioether (sulfide) groups is 1. The first-order valence-corrected chi connectivity index (χ1v) is 6.28. The SMILES string of the molecule is CSCCCCNCCc1ncon1. The molecule has 0 aliphatic heterocycles. The minimum absolute atomic E-state index is 0.779. The molecule has 0 bridgehead atoms. The summed E-state index contributed by atoms with van der Waals surface area (Å²) in [6, 6.07) is 0. The molecule has 0 fully saturated rings. The Balaban J connectivity index is 1.85. The van der Waals surface area contributed by atoms with Gasteiger partial charge in [0.2, 0.25) is 6.39 Å². The van der Waals surface area contributed by atoms with Gasteiger partial charge in [0.05, 0.1) is 0 Å². The highest BCUT2D eigenvalue weighted by atomic mass is 32.2. The van der Waals surface area contributed by atoms with E-state index in [0.717, 1.165) is 25.3 Å². The molecule has 0 saturated carbocycles. The first-order chi connectivity index (χ1) is 6.93. The maximum atomic E-state index is 4.63. The zero-order valence-electron chi connectivity index (χ0n) is 8.53. The number of hydrogen-bond donors (Lipinski definition) is 1. The van der Waals surface area contributed by atoms with Crippen molar-refractivity contribution in [3.05, 3.63) is 12.2 Å². The lowest BCUT2D eigenvalue weighted by Gasteiger charge is -2.01. The molecule has 0 unspecified atom stereocenters. The Labute approximate surface area is 88.8 Å². The number of rotatable bonds is 8. The molecule has 14 heavy (non-hydrogen) atoms. The van der Waals surface area contributed by atoms with Gasteiger partial charge in [0.15, 0.2) is 5.82 Å². The van der Waals surface area contributed by atoms with Crippen molar-refractivity contribution in [2.45, 2.75) is 19.3 Å². The molecule has 5 heteroatoms. The molecule has 0 amide bonds. The highest BCUT2D eigenvalue weighted by molar-refractivity contribution is 7.98. The summed E-state index contributed by atoms with van der Waals surface area (Å²) in [7, 11) is 0. The second kappa shape index (κ2) is 7.82. The third-order valence-electron chi connectivity index (χ3n) is 1.88. The molecule has 4 nitrogen and oxygen atoms in total. The summed E-state index contributed by atoms with van der Waals surface area (Å²) in [5.74, 6) is 2.04. The number of unbranched alkanes of at least 4 members (excludes halogenated alkanes) is 1. The van der Waals surface area contributed by atoms with Crippen molar-refractivity contribution < 1.29 is 4.52 Å². The number of nitrogens with zero attached hydrogens (tertiary/aromatic N) is 2. The van der Waals surface area contributed by atoms with Crippen LogP contribution in [0.15, 0.2) is 10.9 Å². The molecule has 0 atom stereocenters. The summed E-state index contributed by atoms with van der Waals surface area (Å²) in [5.41, 5.74) is 0. The molecular weight excluding hydrogens is 198 g/mol. The zero-order valence-corrected chi connectivity index (χ0v) is 9.35. The lowest BCUT2D eigenvalue weighted by molar-refractivity contribution is 0.409. The summed E-state index contributed by atoms with van der Waals surface area (Å²) in [5, 5.41) is 7.09. The minimum Gasteiger partial charge on any atom is -0.343 e. The topological polar surface area (TPSA) is 51.0 Å². The molecular formula is C9H17N3OS. The van der Waals surface area contributed by atoms with Crippen LogP contribution >= 0.6 is 11.8 Å². The Kier molecular flexibility index (Phi) is 6.43. The van der Waals surface area contributed by atoms with E-state index >= 15 is 0 Å². The van der Waals surface area contributed by atoms with Gasteiger partial charge >= 0.3 is 0 Å². The van der Waals surface area contributed by atoms with E-state index in [1.54, 1.807) is 0 Å². The Morgan fingerprint density at radius 3 is 3.07 bits per heavy atom. The lowest BCUT2D eigenvalue weighted by atomic mass is 10.3. The van der Waals surface area contributed by atoms with Gasteiger partial charge in [-0.3, -0.25) is 0 Å². The van der Waals surface area contributed by atoms with Gasteiger partial charge in [-0.25, -0.2) is 0 Å². The van der Waals surface area contributed by atoms with Crippen molar-refractivity contribution in [3.8, 4) is 0 Å². The minimum atomic E-state index is 0.779. The van der Waals surface area contributed by atoms with Crippen LogP contribution in [0.5, 0.6) is 0 Å². The zero-order chi connectivity index (χ0) is 10.1. The Hall–Kier alpha value is -0.550. The fourth-order valence-corrected chi connectivity index (χ4v) is 1.62. The molecule has 0 aromatic carbocycles. The van der Waals surface area contributed by atoms with Gasteiger partial charge in [-0.2, -0.15) is 16.7 Å². The summed E-state index contributed by atoms with van der Waals surface area (Å²) < 4.78 is 4.63. The molecule has 0 aliphatic carbocycles. The van der Waals surface area contributed by atoms with Crippen LogP contribution in [-0.2, 0) is 6.42 Å². The summed E-state index contributed by atoms with van der Waals surface area (Å²) in [6.45, 7) is 2.01. The maximum absolute atomic E-state index is 4.63. The predicted molar refractivity (Wildman–Crippen MR) is 58.5 cm³/mol. The molecule has 1 rings (SSSR count). The van der Waals surface area contributed by atoms with Gasteiger partial charge in [0, 0.05) is 13.0 Å². The van der Waals surface area contributed by atoms with E-state index in [-0.39, 0.29) is 0 Å². The predicted octanol–water partition coefficient (Wildman–Crippen LogP) is 1.34. The molecule has 1 N–H and O–H groups in total. The van der Waals surface area contributed by atoms with Gasteiger partial charge in [-0.1, -0.05) is 5.16 Å². The van der Waals surface area contributed by atoms with Crippen LogP contribution in [0.1, 0.15) is 18.7 Å². The van der Waals surface area contributed by atoms with E-state index in [9.17, 15) is 0 Å². The quantitative estimate of drug-likeness (QED) is 0.663. The van der Waals surface area contributed by atoms with E-state index in [0.29, 0.717) is 0 Å². The van der Waals surface area contributed by atoms with E-state index in [1.807, 2.05) is 11.8 Å². The van der Waals surface area contributed by atoms with Crippen LogP contribution in [0.3, 0.4) is 0 Å². The van der Waals surface area contributed by atoms with Crippen LogP contribution < -0.4 is 5.32 Å². The first kappa shape index (κ1) is 11.5. The third-order valence-corrected chi connectivity index (χ3v) is 2.58. The Morgan fingerprint density at radius 1 is 1.43 bits per heavy atom. The summed E-state index contributed by atoms with van der Waals surface area (Å²) in [6.07, 6.45) is 6.89. The van der Waals surface area contributed by atoms with Gasteiger partial charge in [0.1, 0.15) is 0 Å². The van der Waals surface area contributed by atoms with Gasteiger partial charge in [-0.05, 0) is 31.4 Å². The van der Waals surface area contributed by atoms with Gasteiger partial charge in [-0.15, -0.1) is 0 Å². The summed E-state index contributed by atoms with van der Waals surface area (Å²) in [4.78, 5) is 3.94. The van der Waals surface area contributed by atoms with Crippen LogP contribution in [0.4, 0.5) is 0 Å². The molecule has 0 radical (unpaired) electrons. The van der Waals surface area contributed by atoms with Crippen LogP contribution in [0.2, 0.25) is 0 Å². The molecule has 0 saturated heterocycles. The number of hydrogen-bond acceptors (Lipinski definition) is 5. The smallest absolute Gasteiger partial charge is 0.213 e. The first-order valence-electron chi connectivity index (χ1n) is 4.88. The molecule has 1 aromatic rings. The fraction of sp³-hybridized carbons (Fsp3) is 0.778. The average Bonchev–Trinajstić information content (AvgIpc) is 2.69. The van der Waals surface area contributed by atoms with Crippen molar-refractivity contribution in [3.63, 3.8) is 0 Å². The molecule has 0 aliphatic rings. The van der Waals surface area contributed by atoms with Crippen LogP contribution in [0.25, 0.3) is 0 Å². The molecule has 80 valence electrons. The molecule has 1 aromatic heterocycles. The average molecular weight is 215 g/mol. The standard InChI is InChI=1S/C9H17N3OS/c1-14-7-3-2-5-10-6-4-9-11-8-13-12-9/h8,10H,2-7H2,1H3.